The number of pyridine rings is 1. The van der Waals surface area contributed by atoms with E-state index in [1.165, 1.54) is 30.6 Å². The summed E-state index contributed by atoms with van der Waals surface area (Å²) in [5.41, 5.74) is 3.43. The number of benzene rings is 3. The standard InChI is InChI=1S/C31H28N2O3S/c34-29(32-20-21-10-4-1-5-11-21)26-19-25(22-12-6-2-7-13-22)30(35)33-27-18-24(16-17-28(27)37-31(26)33)36-23-14-8-3-9-15-23/h1-2,4-7,10-13,16-19,23H,3,8-9,14-15,20H2,(H,32,34). The van der Waals surface area contributed by atoms with Crippen LogP contribution in [0.15, 0.2) is 89.7 Å². The molecule has 0 radical (unpaired) electrons. The number of rotatable bonds is 6. The third-order valence-electron chi connectivity index (χ3n) is 7.01. The van der Waals surface area contributed by atoms with E-state index in [9.17, 15) is 9.59 Å². The van der Waals surface area contributed by atoms with Gasteiger partial charge in [0.25, 0.3) is 11.5 Å². The van der Waals surface area contributed by atoms with Crippen molar-refractivity contribution in [1.29, 1.82) is 0 Å². The lowest BCUT2D eigenvalue weighted by Gasteiger charge is -2.22. The summed E-state index contributed by atoms with van der Waals surface area (Å²) >= 11 is 1.46. The molecule has 2 heterocycles. The largest absolute Gasteiger partial charge is 0.490 e. The van der Waals surface area contributed by atoms with E-state index in [0.29, 0.717) is 22.5 Å². The van der Waals surface area contributed by atoms with Gasteiger partial charge >= 0.3 is 0 Å². The molecule has 37 heavy (non-hydrogen) atoms. The lowest BCUT2D eigenvalue weighted by Crippen LogP contribution is -2.25. The molecule has 1 aliphatic carbocycles. The zero-order valence-corrected chi connectivity index (χ0v) is 21.3. The molecule has 5 aromatic rings. The maximum absolute atomic E-state index is 13.9. The third-order valence-corrected chi connectivity index (χ3v) is 8.17. The molecule has 1 aliphatic rings. The number of hydrogen-bond acceptors (Lipinski definition) is 4. The van der Waals surface area contributed by atoms with Gasteiger partial charge in [0.2, 0.25) is 0 Å². The average molecular weight is 509 g/mol. The van der Waals surface area contributed by atoms with E-state index in [4.69, 9.17) is 4.74 Å². The van der Waals surface area contributed by atoms with Gasteiger partial charge < -0.3 is 10.1 Å². The van der Waals surface area contributed by atoms with Gasteiger partial charge in [-0.1, -0.05) is 67.1 Å². The van der Waals surface area contributed by atoms with Gasteiger partial charge in [-0.3, -0.25) is 14.0 Å². The lowest BCUT2D eigenvalue weighted by atomic mass is 9.98. The van der Waals surface area contributed by atoms with Crippen molar-refractivity contribution in [2.24, 2.45) is 0 Å². The predicted octanol–water partition coefficient (Wildman–Crippen LogP) is 6.82. The topological polar surface area (TPSA) is 59.8 Å². The van der Waals surface area contributed by atoms with Crippen LogP contribution in [-0.4, -0.2) is 16.4 Å². The van der Waals surface area contributed by atoms with Crippen LogP contribution in [0.3, 0.4) is 0 Å². The first kappa shape index (κ1) is 23.5. The van der Waals surface area contributed by atoms with Crippen LogP contribution in [0.1, 0.15) is 48.0 Å². The van der Waals surface area contributed by atoms with Gasteiger partial charge in [0, 0.05) is 18.2 Å². The number of aromatic nitrogens is 1. The van der Waals surface area contributed by atoms with Crippen molar-refractivity contribution in [1.82, 2.24) is 9.72 Å². The van der Waals surface area contributed by atoms with Crippen LogP contribution in [0.5, 0.6) is 5.75 Å². The average Bonchev–Trinajstić information content (AvgIpc) is 3.33. The van der Waals surface area contributed by atoms with Gasteiger partial charge in [-0.15, -0.1) is 11.3 Å². The van der Waals surface area contributed by atoms with Crippen molar-refractivity contribution in [2.45, 2.75) is 44.8 Å². The number of nitrogens with zero attached hydrogens (tertiary/aromatic N) is 1. The fourth-order valence-corrected chi connectivity index (χ4v) is 6.23. The van der Waals surface area contributed by atoms with E-state index in [2.05, 4.69) is 5.32 Å². The molecule has 1 fully saturated rings. The molecule has 5 nitrogen and oxygen atoms in total. The van der Waals surface area contributed by atoms with Crippen molar-refractivity contribution in [3.8, 4) is 16.9 Å². The molecule has 2 aromatic heterocycles. The van der Waals surface area contributed by atoms with Crippen LogP contribution in [0.2, 0.25) is 0 Å². The predicted molar refractivity (Wildman–Crippen MR) is 150 cm³/mol. The SMILES string of the molecule is O=C(NCc1ccccc1)c1cc(-c2ccccc2)c(=O)n2c1sc1ccc(OC3CCCCC3)cc12. The fourth-order valence-electron chi connectivity index (χ4n) is 5.09. The maximum Gasteiger partial charge on any atom is 0.264 e. The zero-order valence-electron chi connectivity index (χ0n) is 20.5. The van der Waals surface area contributed by atoms with Gasteiger partial charge in [0.05, 0.1) is 21.9 Å². The van der Waals surface area contributed by atoms with Crippen molar-refractivity contribution in [3.63, 3.8) is 0 Å². The minimum Gasteiger partial charge on any atom is -0.490 e. The summed E-state index contributed by atoms with van der Waals surface area (Å²) < 4.78 is 8.94. The Morgan fingerprint density at radius 3 is 2.41 bits per heavy atom. The molecule has 0 atom stereocenters. The number of hydrogen-bond donors (Lipinski definition) is 1. The van der Waals surface area contributed by atoms with Crippen molar-refractivity contribution in [3.05, 3.63) is 106 Å². The van der Waals surface area contributed by atoms with E-state index < -0.39 is 0 Å². The monoisotopic (exact) mass is 508 g/mol. The highest BCUT2D eigenvalue weighted by molar-refractivity contribution is 7.24. The number of ether oxygens (including phenoxy) is 1. The molecular weight excluding hydrogens is 480 g/mol. The van der Waals surface area contributed by atoms with Gasteiger partial charge in [0.1, 0.15) is 10.6 Å². The molecule has 0 spiro atoms. The Balaban J connectivity index is 1.47. The molecule has 0 saturated heterocycles. The molecule has 186 valence electrons. The Morgan fingerprint density at radius 2 is 1.65 bits per heavy atom. The zero-order chi connectivity index (χ0) is 25.2. The highest BCUT2D eigenvalue weighted by Gasteiger charge is 2.21. The van der Waals surface area contributed by atoms with E-state index in [0.717, 1.165) is 39.9 Å². The van der Waals surface area contributed by atoms with Crippen LogP contribution in [0.4, 0.5) is 0 Å². The summed E-state index contributed by atoms with van der Waals surface area (Å²) in [5.74, 6) is 0.565. The van der Waals surface area contributed by atoms with Crippen LogP contribution in [0, 0.1) is 0 Å². The second-order valence-electron chi connectivity index (χ2n) is 9.56. The van der Waals surface area contributed by atoms with Crippen molar-refractivity contribution >= 4 is 32.3 Å². The summed E-state index contributed by atoms with van der Waals surface area (Å²) in [4.78, 5) is 28.0. The summed E-state index contributed by atoms with van der Waals surface area (Å²) in [6.45, 7) is 0.413. The number of thiazole rings is 1. The van der Waals surface area contributed by atoms with Crippen LogP contribution >= 0.6 is 11.3 Å². The Kier molecular flexibility index (Phi) is 6.49. The van der Waals surface area contributed by atoms with Gasteiger partial charge in [-0.2, -0.15) is 0 Å². The first-order valence-corrected chi connectivity index (χ1v) is 13.7. The minimum absolute atomic E-state index is 0.137. The highest BCUT2D eigenvalue weighted by atomic mass is 32.1. The number of amides is 1. The van der Waals surface area contributed by atoms with Crippen molar-refractivity contribution in [2.75, 3.05) is 0 Å². The third kappa shape index (κ3) is 4.77. The molecule has 6 heteroatoms. The van der Waals surface area contributed by atoms with E-state index >= 15 is 0 Å². The Morgan fingerprint density at radius 1 is 0.919 bits per heavy atom. The second kappa shape index (κ2) is 10.2. The molecule has 1 amide bonds. The molecule has 0 unspecified atom stereocenters. The molecular formula is C31H28N2O3S. The summed E-state index contributed by atoms with van der Waals surface area (Å²) in [6.07, 6.45) is 5.98. The Bertz CT molecular complexity index is 1620. The van der Waals surface area contributed by atoms with Crippen LogP contribution < -0.4 is 15.6 Å². The first-order valence-electron chi connectivity index (χ1n) is 12.8. The molecule has 6 rings (SSSR count). The summed E-state index contributed by atoms with van der Waals surface area (Å²) in [5, 5.41) is 3.04. The number of nitrogens with one attached hydrogen (secondary N) is 1. The van der Waals surface area contributed by atoms with E-state index in [-0.39, 0.29) is 17.6 Å². The molecule has 3 aromatic carbocycles. The number of carbonyl (C=O) groups excluding carboxylic acids is 1. The van der Waals surface area contributed by atoms with E-state index in [1.807, 2.05) is 78.9 Å². The quantitative estimate of drug-likeness (QED) is 0.274. The lowest BCUT2D eigenvalue weighted by molar-refractivity contribution is 0.0952. The Hall–Kier alpha value is -3.90. The number of fused-ring (bicyclic) bond motifs is 3. The molecule has 0 bridgehead atoms. The number of carbonyl (C=O) groups is 1. The first-order chi connectivity index (χ1) is 18.2. The fraction of sp³-hybridized carbons (Fsp3) is 0.226. The highest BCUT2D eigenvalue weighted by Crippen LogP contribution is 2.33. The Labute approximate surface area is 219 Å². The summed E-state index contributed by atoms with van der Waals surface area (Å²) in [6, 6.07) is 27.0. The van der Waals surface area contributed by atoms with Crippen LogP contribution in [0.25, 0.3) is 26.2 Å². The van der Waals surface area contributed by atoms with Gasteiger partial charge in [0.15, 0.2) is 0 Å². The molecule has 1 N–H and O–H groups in total. The second-order valence-corrected chi connectivity index (χ2v) is 10.6. The smallest absolute Gasteiger partial charge is 0.264 e. The maximum atomic E-state index is 13.9. The summed E-state index contributed by atoms with van der Waals surface area (Å²) in [7, 11) is 0. The van der Waals surface area contributed by atoms with Gasteiger partial charge in [-0.25, -0.2) is 0 Å². The molecule has 1 saturated carbocycles. The van der Waals surface area contributed by atoms with E-state index in [1.54, 1.807) is 10.5 Å². The normalized spacial score (nSPS) is 14.2. The van der Waals surface area contributed by atoms with Gasteiger partial charge in [-0.05, 0) is 55.0 Å². The van der Waals surface area contributed by atoms with Crippen molar-refractivity contribution < 1.29 is 9.53 Å². The van der Waals surface area contributed by atoms with Crippen LogP contribution in [-0.2, 0) is 6.54 Å². The molecule has 0 aliphatic heterocycles. The minimum atomic E-state index is -0.205.